The number of amides is 1. The van der Waals surface area contributed by atoms with E-state index in [9.17, 15) is 14.7 Å². The lowest BCUT2D eigenvalue weighted by Crippen LogP contribution is -2.29. The zero-order valence-corrected chi connectivity index (χ0v) is 18.9. The fourth-order valence-corrected chi connectivity index (χ4v) is 4.04. The quantitative estimate of drug-likeness (QED) is 0.336. The van der Waals surface area contributed by atoms with Gasteiger partial charge < -0.3 is 14.7 Å². The molecule has 1 saturated heterocycles. The van der Waals surface area contributed by atoms with Gasteiger partial charge in [-0.2, -0.15) is 0 Å². The number of carbonyl (C=O) groups is 2. The second-order valence-electron chi connectivity index (χ2n) is 8.33. The first kappa shape index (κ1) is 22.3. The van der Waals surface area contributed by atoms with Gasteiger partial charge in [-0.15, -0.1) is 0 Å². The van der Waals surface area contributed by atoms with E-state index in [2.05, 4.69) is 18.8 Å². The highest BCUT2D eigenvalue weighted by molar-refractivity contribution is 6.46. The molecule has 2 aromatic carbocycles. The highest BCUT2D eigenvalue weighted by Gasteiger charge is 2.46. The zero-order chi connectivity index (χ0) is 23.5. The fourth-order valence-electron chi connectivity index (χ4n) is 4.04. The van der Waals surface area contributed by atoms with E-state index in [0.717, 1.165) is 16.7 Å². The van der Waals surface area contributed by atoms with Crippen molar-refractivity contribution in [2.75, 3.05) is 7.11 Å². The van der Waals surface area contributed by atoms with Crippen LogP contribution in [0, 0.1) is 0 Å². The van der Waals surface area contributed by atoms with E-state index in [-0.39, 0.29) is 17.9 Å². The van der Waals surface area contributed by atoms with E-state index in [1.165, 1.54) is 4.90 Å². The average molecular weight is 443 g/mol. The minimum Gasteiger partial charge on any atom is -0.507 e. The number of carbonyl (C=O) groups excluding carboxylic acids is 2. The van der Waals surface area contributed by atoms with Crippen molar-refractivity contribution in [2.24, 2.45) is 0 Å². The van der Waals surface area contributed by atoms with Crippen LogP contribution in [-0.4, -0.2) is 33.8 Å². The van der Waals surface area contributed by atoms with Crippen molar-refractivity contribution in [2.45, 2.75) is 32.4 Å². The number of aromatic nitrogens is 1. The maximum atomic E-state index is 13.2. The maximum Gasteiger partial charge on any atom is 0.295 e. The Kier molecular flexibility index (Phi) is 6.27. The lowest BCUT2D eigenvalue weighted by molar-refractivity contribution is -0.140. The Bertz CT molecular complexity index is 1180. The Morgan fingerprint density at radius 2 is 1.64 bits per heavy atom. The molecule has 6 heteroatoms. The van der Waals surface area contributed by atoms with Gasteiger partial charge in [0.2, 0.25) is 0 Å². The average Bonchev–Trinajstić information content (AvgIpc) is 3.09. The van der Waals surface area contributed by atoms with Gasteiger partial charge in [-0.1, -0.05) is 38.1 Å². The number of aliphatic hydroxyl groups excluding tert-OH is 1. The summed E-state index contributed by atoms with van der Waals surface area (Å²) in [5.41, 5.74) is 3.29. The number of ketones is 1. The van der Waals surface area contributed by atoms with E-state index >= 15 is 0 Å². The van der Waals surface area contributed by atoms with Crippen molar-refractivity contribution < 1.29 is 19.4 Å². The van der Waals surface area contributed by atoms with Gasteiger partial charge >= 0.3 is 0 Å². The molecule has 168 valence electrons. The van der Waals surface area contributed by atoms with Crippen LogP contribution in [0.25, 0.3) is 5.76 Å². The summed E-state index contributed by atoms with van der Waals surface area (Å²) >= 11 is 0. The van der Waals surface area contributed by atoms with Gasteiger partial charge in [0.25, 0.3) is 11.7 Å². The van der Waals surface area contributed by atoms with Crippen LogP contribution in [0.5, 0.6) is 5.75 Å². The van der Waals surface area contributed by atoms with Gasteiger partial charge in [0.1, 0.15) is 11.5 Å². The molecule has 0 bridgehead atoms. The Morgan fingerprint density at radius 1 is 1.00 bits per heavy atom. The number of likely N-dealkylation sites (tertiary alicyclic amines) is 1. The van der Waals surface area contributed by atoms with Crippen LogP contribution < -0.4 is 4.74 Å². The molecule has 1 N–H and O–H groups in total. The van der Waals surface area contributed by atoms with Crippen molar-refractivity contribution >= 4 is 17.4 Å². The van der Waals surface area contributed by atoms with Gasteiger partial charge in [-0.25, -0.2) is 0 Å². The number of pyridine rings is 1. The SMILES string of the molecule is COc1ccc(/C(O)=C2\C(=O)C(=O)N(Cc3ccncc3)[C@@H]2c2ccc(C(C)C)cc2)cc1. The van der Waals surface area contributed by atoms with Gasteiger partial charge in [-0.05, 0) is 59.0 Å². The maximum absolute atomic E-state index is 13.2. The molecule has 2 heterocycles. The third-order valence-electron chi connectivity index (χ3n) is 5.92. The van der Waals surface area contributed by atoms with Crippen molar-refractivity contribution in [1.82, 2.24) is 9.88 Å². The van der Waals surface area contributed by atoms with Crippen molar-refractivity contribution in [3.05, 3.63) is 101 Å². The molecule has 1 aliphatic heterocycles. The molecule has 0 radical (unpaired) electrons. The summed E-state index contributed by atoms with van der Waals surface area (Å²) in [6.45, 7) is 4.44. The topological polar surface area (TPSA) is 79.7 Å². The number of nitrogens with zero attached hydrogens (tertiary/aromatic N) is 2. The third kappa shape index (κ3) is 4.37. The van der Waals surface area contributed by atoms with Crippen LogP contribution in [0.1, 0.15) is 48.1 Å². The van der Waals surface area contributed by atoms with Gasteiger partial charge in [-0.3, -0.25) is 14.6 Å². The minimum atomic E-state index is -0.707. The number of ether oxygens (including phenoxy) is 1. The molecule has 0 saturated carbocycles. The summed E-state index contributed by atoms with van der Waals surface area (Å²) in [5.74, 6) is -0.562. The monoisotopic (exact) mass is 442 g/mol. The lowest BCUT2D eigenvalue weighted by atomic mass is 9.93. The molecular weight excluding hydrogens is 416 g/mol. The fraction of sp³-hybridized carbons (Fsp3) is 0.222. The van der Waals surface area contributed by atoms with Gasteiger partial charge in [0, 0.05) is 24.5 Å². The Labute approximate surface area is 193 Å². The zero-order valence-electron chi connectivity index (χ0n) is 18.9. The molecule has 3 aromatic rings. The van der Waals surface area contributed by atoms with Crippen LogP contribution in [0.3, 0.4) is 0 Å². The van der Waals surface area contributed by atoms with Crippen molar-refractivity contribution in [3.8, 4) is 5.75 Å². The first-order valence-corrected chi connectivity index (χ1v) is 10.8. The van der Waals surface area contributed by atoms with Crippen LogP contribution in [0.15, 0.2) is 78.6 Å². The number of Topliss-reactive ketones (excluding diaryl/α,β-unsaturated/α-hetero) is 1. The number of rotatable bonds is 6. The molecule has 1 amide bonds. The van der Waals surface area contributed by atoms with Crippen LogP contribution in [-0.2, 0) is 16.1 Å². The second-order valence-corrected chi connectivity index (χ2v) is 8.33. The smallest absolute Gasteiger partial charge is 0.295 e. The molecule has 6 nitrogen and oxygen atoms in total. The van der Waals surface area contributed by atoms with Crippen LogP contribution in [0.4, 0.5) is 0 Å². The summed E-state index contributed by atoms with van der Waals surface area (Å²) in [6.07, 6.45) is 3.30. The Morgan fingerprint density at radius 3 is 2.21 bits per heavy atom. The minimum absolute atomic E-state index is 0.0801. The molecule has 0 aliphatic carbocycles. The molecule has 1 fully saturated rings. The number of aliphatic hydroxyl groups is 1. The van der Waals surface area contributed by atoms with Crippen molar-refractivity contribution in [3.63, 3.8) is 0 Å². The highest BCUT2D eigenvalue weighted by Crippen LogP contribution is 2.40. The summed E-state index contributed by atoms with van der Waals surface area (Å²) < 4.78 is 5.18. The number of benzene rings is 2. The Hall–Kier alpha value is -3.93. The molecular formula is C27H26N2O4. The first-order chi connectivity index (χ1) is 15.9. The van der Waals surface area contributed by atoms with E-state index < -0.39 is 17.7 Å². The number of methoxy groups -OCH3 is 1. The van der Waals surface area contributed by atoms with E-state index in [4.69, 9.17) is 4.74 Å². The molecule has 33 heavy (non-hydrogen) atoms. The lowest BCUT2D eigenvalue weighted by Gasteiger charge is -2.25. The van der Waals surface area contributed by atoms with Crippen LogP contribution >= 0.6 is 0 Å². The highest BCUT2D eigenvalue weighted by atomic mass is 16.5. The molecule has 1 aliphatic rings. The van der Waals surface area contributed by atoms with Crippen molar-refractivity contribution in [1.29, 1.82) is 0 Å². The van der Waals surface area contributed by atoms with E-state index in [1.54, 1.807) is 43.8 Å². The standard InChI is InChI=1S/C27H26N2O4/c1-17(2)19-4-6-20(7-5-19)24-23(25(30)21-8-10-22(33-3)11-9-21)26(31)27(32)29(24)16-18-12-14-28-15-13-18/h4-15,17,24,30H,16H2,1-3H3/b25-23+/t24-/m1/s1. The third-order valence-corrected chi connectivity index (χ3v) is 5.92. The van der Waals surface area contributed by atoms with Gasteiger partial charge in [0.15, 0.2) is 0 Å². The summed E-state index contributed by atoms with van der Waals surface area (Å²) in [4.78, 5) is 31.8. The molecule has 1 aromatic heterocycles. The second kappa shape index (κ2) is 9.28. The first-order valence-electron chi connectivity index (χ1n) is 10.8. The summed E-state index contributed by atoms with van der Waals surface area (Å²) in [5, 5.41) is 11.2. The van der Waals surface area contributed by atoms with Gasteiger partial charge in [0.05, 0.1) is 18.7 Å². The largest absolute Gasteiger partial charge is 0.507 e. The summed E-state index contributed by atoms with van der Waals surface area (Å²) in [6, 6.07) is 17.5. The Balaban J connectivity index is 1.83. The van der Waals surface area contributed by atoms with E-state index in [1.807, 2.05) is 36.4 Å². The van der Waals surface area contributed by atoms with E-state index in [0.29, 0.717) is 17.2 Å². The summed E-state index contributed by atoms with van der Waals surface area (Å²) in [7, 11) is 1.56. The normalized spacial score (nSPS) is 17.6. The number of hydrogen-bond acceptors (Lipinski definition) is 5. The molecule has 1 atom stereocenters. The molecule has 0 unspecified atom stereocenters. The predicted molar refractivity (Wildman–Crippen MR) is 126 cm³/mol. The van der Waals surface area contributed by atoms with Crippen LogP contribution in [0.2, 0.25) is 0 Å². The number of hydrogen-bond donors (Lipinski definition) is 1. The molecule has 4 rings (SSSR count). The predicted octanol–water partition coefficient (Wildman–Crippen LogP) is 4.84. The molecule has 0 spiro atoms.